The number of aromatic amines is 1. The number of hydrogen-bond donors (Lipinski definition) is 10. The van der Waals surface area contributed by atoms with Gasteiger partial charge >= 0.3 is 0 Å². The van der Waals surface area contributed by atoms with Crippen molar-refractivity contribution >= 4 is 46.0 Å². The van der Waals surface area contributed by atoms with Gasteiger partial charge < -0.3 is 56.7 Å². The maximum absolute atomic E-state index is 11.7. The van der Waals surface area contributed by atoms with Crippen LogP contribution in [-0.4, -0.2) is 138 Å². The van der Waals surface area contributed by atoms with Gasteiger partial charge in [-0.3, -0.25) is 18.9 Å². The number of hydrogen-bond acceptors (Lipinski definition) is 18. The average molecular weight is 655 g/mol. The summed E-state index contributed by atoms with van der Waals surface area (Å²) in [5.74, 6) is -0.870. The van der Waals surface area contributed by atoms with E-state index in [1.54, 1.807) is 0 Å². The molecule has 0 spiro atoms. The lowest BCUT2D eigenvalue weighted by atomic mass is 9.99. The predicted molar refractivity (Wildman–Crippen MR) is 155 cm³/mol. The van der Waals surface area contributed by atoms with Gasteiger partial charge in [-0.05, 0) is 0 Å². The minimum atomic E-state index is -1.08. The van der Waals surface area contributed by atoms with Crippen LogP contribution in [0.2, 0.25) is 0 Å². The second-order valence-electron chi connectivity index (χ2n) is 10.2. The molecule has 0 amide bonds. The second-order valence-corrected chi connectivity index (χ2v) is 11.3. The summed E-state index contributed by atoms with van der Waals surface area (Å²) < 4.78 is 14.1. The number of nitrogens with two attached hydrogens (primary N) is 2. The van der Waals surface area contributed by atoms with Crippen LogP contribution < -0.4 is 17.0 Å². The summed E-state index contributed by atoms with van der Waals surface area (Å²) in [6.07, 6.45) is -2.53. The van der Waals surface area contributed by atoms with E-state index >= 15 is 0 Å². The smallest absolute Gasteiger partial charge is 0.280 e. The number of aromatic nitrogens is 8. The number of imidazole rings is 2. The van der Waals surface area contributed by atoms with E-state index in [9.17, 15) is 35.4 Å². The van der Waals surface area contributed by atoms with Crippen LogP contribution in [0, 0.1) is 11.8 Å². The minimum Gasteiger partial charge on any atom is -0.396 e. The van der Waals surface area contributed by atoms with Gasteiger partial charge in [0.15, 0.2) is 29.3 Å². The highest BCUT2D eigenvalue weighted by molar-refractivity contribution is 7.99. The maximum Gasteiger partial charge on any atom is 0.280 e. The molecule has 2 aliphatic rings. The number of H-pyrrole nitrogens is 1. The summed E-state index contributed by atoms with van der Waals surface area (Å²) in [7, 11) is 0. The van der Waals surface area contributed by atoms with Crippen molar-refractivity contribution in [2.24, 2.45) is 11.8 Å². The molecule has 2 saturated heterocycles. The highest BCUT2D eigenvalue weighted by atomic mass is 32.2. The number of thioether (sulfide) groups is 1. The van der Waals surface area contributed by atoms with Crippen LogP contribution in [0.15, 0.2) is 22.5 Å². The van der Waals surface area contributed by atoms with E-state index in [1.165, 1.54) is 33.6 Å². The zero-order valence-electron chi connectivity index (χ0n) is 23.6. The Morgan fingerprint density at radius 3 is 1.82 bits per heavy atom. The van der Waals surface area contributed by atoms with E-state index < -0.39 is 54.3 Å². The Bertz CT molecular complexity index is 1670. The number of fused-ring (bicyclic) bond motifs is 2. The molecular formula is C24H34N10O10S. The Labute approximate surface area is 257 Å². The van der Waals surface area contributed by atoms with E-state index in [2.05, 4.69) is 29.9 Å². The van der Waals surface area contributed by atoms with Gasteiger partial charge in [0.1, 0.15) is 22.8 Å². The third kappa shape index (κ3) is 6.18. The Hall–Kier alpha value is -3.51. The van der Waals surface area contributed by atoms with Gasteiger partial charge in [0.05, 0.1) is 57.9 Å². The summed E-state index contributed by atoms with van der Waals surface area (Å²) >= 11 is 1.29. The summed E-state index contributed by atoms with van der Waals surface area (Å²) in [6.45, 7) is -1.34. The zero-order valence-corrected chi connectivity index (χ0v) is 24.4. The van der Waals surface area contributed by atoms with Crippen molar-refractivity contribution in [3.05, 3.63) is 23.0 Å². The molecular weight excluding hydrogens is 620 g/mol. The first-order valence-electron chi connectivity index (χ1n) is 13.7. The van der Waals surface area contributed by atoms with Gasteiger partial charge in [0.25, 0.3) is 5.56 Å². The molecule has 2 aliphatic heterocycles. The van der Waals surface area contributed by atoms with Gasteiger partial charge in [-0.2, -0.15) is 9.97 Å². The topological polar surface area (TPSA) is 319 Å². The van der Waals surface area contributed by atoms with Crippen molar-refractivity contribution in [2.75, 3.05) is 50.3 Å². The molecule has 4 aromatic heterocycles. The Morgan fingerprint density at radius 2 is 1.33 bits per heavy atom. The number of rotatable bonds is 9. The van der Waals surface area contributed by atoms with Crippen LogP contribution in [0.4, 0.5) is 11.9 Å². The normalized spacial score (nSPS) is 28.2. The molecule has 0 aromatic carbocycles. The molecule has 0 radical (unpaired) electrons. The fourth-order valence-corrected chi connectivity index (χ4v) is 6.04. The quantitative estimate of drug-likeness (QED) is 0.0605. The maximum atomic E-state index is 11.7. The van der Waals surface area contributed by atoms with E-state index in [0.717, 1.165) is 0 Å². The Morgan fingerprint density at radius 1 is 0.800 bits per heavy atom. The predicted octanol–water partition coefficient (Wildman–Crippen LogP) is -4.09. The van der Waals surface area contributed by atoms with Gasteiger partial charge in [-0.1, -0.05) is 0 Å². The fraction of sp³-hybridized carbons (Fsp3) is 0.583. The van der Waals surface area contributed by atoms with Gasteiger partial charge in [-0.15, -0.1) is 11.8 Å². The first kappa shape index (κ1) is 32.9. The van der Waals surface area contributed by atoms with E-state index in [1.807, 2.05) is 0 Å². The number of nitrogens with zero attached hydrogens (tertiary/aromatic N) is 7. The number of ether oxygens (including phenoxy) is 2. The highest BCUT2D eigenvalue weighted by Gasteiger charge is 2.45. The van der Waals surface area contributed by atoms with Crippen LogP contribution in [0.1, 0.15) is 12.5 Å². The zero-order chi connectivity index (χ0) is 32.4. The standard InChI is InChI=1S/C13H19N5O5S.C11H15N5O5/c14-13-16-10-8(11(17-13)24-2-1-19)15-5-18(10)12-9(22)6(3-20)7(4-21)23-12;12-11-14-8-6(9(20)15-11)13-3-16(8)10-7(19)4(1-17)5(2-18)21-10/h5-7,9,12,19-22H,1-4H2,(H2,14,16,17);3-5,7,10,17-19H,1-2H2,(H3,12,14,15,20)/t6-,7-,9-,12-;4-,5-,7-,10-/m11/s1. The molecule has 246 valence electrons. The Balaban J connectivity index is 0.000000179. The van der Waals surface area contributed by atoms with E-state index in [4.69, 9.17) is 26.0 Å². The third-order valence-corrected chi connectivity index (χ3v) is 8.51. The molecule has 0 aliphatic carbocycles. The van der Waals surface area contributed by atoms with Crippen molar-refractivity contribution in [3.8, 4) is 0 Å². The number of nitrogens with one attached hydrogen (secondary N) is 1. The molecule has 45 heavy (non-hydrogen) atoms. The van der Waals surface area contributed by atoms with Crippen molar-refractivity contribution in [1.82, 2.24) is 39.0 Å². The highest BCUT2D eigenvalue weighted by Crippen LogP contribution is 2.37. The molecule has 0 saturated carbocycles. The number of aliphatic hydroxyl groups excluding tert-OH is 7. The van der Waals surface area contributed by atoms with Crippen LogP contribution in [0.5, 0.6) is 0 Å². The number of aliphatic hydroxyl groups is 7. The minimum absolute atomic E-state index is 0.0163. The van der Waals surface area contributed by atoms with Crippen LogP contribution in [0.3, 0.4) is 0 Å². The number of nitrogen functional groups attached to an aromatic ring is 2. The largest absolute Gasteiger partial charge is 0.396 e. The lowest BCUT2D eigenvalue weighted by molar-refractivity contribution is -0.0496. The van der Waals surface area contributed by atoms with Gasteiger partial charge in [0.2, 0.25) is 11.9 Å². The summed E-state index contributed by atoms with van der Waals surface area (Å²) in [6, 6.07) is 0. The lowest BCUT2D eigenvalue weighted by Gasteiger charge is -2.17. The fourth-order valence-electron chi connectivity index (χ4n) is 5.32. The summed E-state index contributed by atoms with van der Waals surface area (Å²) in [5.41, 5.74) is 11.8. The molecule has 6 heterocycles. The van der Waals surface area contributed by atoms with E-state index in [-0.39, 0.29) is 56.1 Å². The van der Waals surface area contributed by atoms with Crippen molar-refractivity contribution in [1.29, 1.82) is 0 Å². The van der Waals surface area contributed by atoms with Gasteiger partial charge in [-0.25, -0.2) is 15.0 Å². The first-order chi connectivity index (χ1) is 21.7. The molecule has 2 fully saturated rings. The molecule has 0 unspecified atom stereocenters. The van der Waals surface area contributed by atoms with Crippen LogP contribution in [-0.2, 0) is 9.47 Å². The van der Waals surface area contributed by atoms with Crippen molar-refractivity contribution < 1.29 is 45.2 Å². The average Bonchev–Trinajstić information content (AvgIpc) is 3.78. The monoisotopic (exact) mass is 654 g/mol. The van der Waals surface area contributed by atoms with Gasteiger partial charge in [0, 0.05) is 17.6 Å². The molecule has 12 N–H and O–H groups in total. The second kappa shape index (κ2) is 13.9. The number of anilines is 2. The SMILES string of the molecule is Nc1nc(SCCO)c2ncn([C@@H]3O[C@H](CO)[C@@H](CO)[C@H]3O)c2n1.Nc1nc2c(ncn2[C@@H]2O[C@H](CO)[C@@H](CO)[C@H]2O)c(=O)[nH]1. The summed E-state index contributed by atoms with van der Waals surface area (Å²) in [5, 5.41) is 67.4. The van der Waals surface area contributed by atoms with Crippen molar-refractivity contribution in [2.45, 2.75) is 41.9 Å². The Kier molecular flexibility index (Phi) is 10.1. The molecule has 4 aromatic rings. The molecule has 6 rings (SSSR count). The van der Waals surface area contributed by atoms with Crippen molar-refractivity contribution in [3.63, 3.8) is 0 Å². The molecule has 21 heteroatoms. The third-order valence-electron chi connectivity index (χ3n) is 7.56. The molecule has 0 bridgehead atoms. The van der Waals surface area contributed by atoms with Crippen LogP contribution in [0.25, 0.3) is 22.3 Å². The van der Waals surface area contributed by atoms with E-state index in [0.29, 0.717) is 21.9 Å². The molecule has 20 nitrogen and oxygen atoms in total. The summed E-state index contributed by atoms with van der Waals surface area (Å²) in [4.78, 5) is 34.5. The molecule has 8 atom stereocenters. The lowest BCUT2D eigenvalue weighted by Crippen LogP contribution is -2.30. The van der Waals surface area contributed by atoms with Crippen LogP contribution >= 0.6 is 11.8 Å². The first-order valence-corrected chi connectivity index (χ1v) is 14.7.